The van der Waals surface area contributed by atoms with E-state index in [0.29, 0.717) is 29.3 Å². The molecule has 180 valence electrons. The van der Waals surface area contributed by atoms with Gasteiger partial charge in [0.1, 0.15) is 6.10 Å². The van der Waals surface area contributed by atoms with Gasteiger partial charge in [-0.1, -0.05) is 47.1 Å². The molecule has 0 aromatic heterocycles. The molecule has 4 nitrogen and oxygen atoms in total. The fourth-order valence-corrected chi connectivity index (χ4v) is 10.3. The number of esters is 1. The maximum absolute atomic E-state index is 12.4. The maximum Gasteiger partial charge on any atom is 0.302 e. The van der Waals surface area contributed by atoms with Gasteiger partial charge in [0.2, 0.25) is 0 Å². The number of rotatable bonds is 2. The molecule has 5 aliphatic rings. The summed E-state index contributed by atoms with van der Waals surface area (Å²) in [6, 6.07) is 0. The van der Waals surface area contributed by atoms with E-state index in [-0.39, 0.29) is 35.1 Å². The van der Waals surface area contributed by atoms with Gasteiger partial charge in [0.25, 0.3) is 0 Å². The molecule has 5 rings (SSSR count). The smallest absolute Gasteiger partial charge is 0.302 e. The molecule has 0 bridgehead atoms. The van der Waals surface area contributed by atoms with Crippen molar-refractivity contribution in [3.8, 4) is 0 Å². The summed E-state index contributed by atoms with van der Waals surface area (Å²) in [5.74, 6) is 1.81. The van der Waals surface area contributed by atoms with E-state index >= 15 is 0 Å². The lowest BCUT2D eigenvalue weighted by molar-refractivity contribution is -0.255. The van der Waals surface area contributed by atoms with Crippen molar-refractivity contribution >= 4 is 5.97 Å². The first-order valence-electron chi connectivity index (χ1n) is 13.0. The van der Waals surface area contributed by atoms with Crippen molar-refractivity contribution in [1.29, 1.82) is 0 Å². The van der Waals surface area contributed by atoms with Crippen LogP contribution in [0.3, 0.4) is 0 Å². The minimum Gasteiger partial charge on any atom is -0.462 e. The Morgan fingerprint density at radius 3 is 2.44 bits per heavy atom. The summed E-state index contributed by atoms with van der Waals surface area (Å²) < 4.78 is 18.2. The SMILES string of the molecule is CO[C@@H]1OCC2=CC[C@H]3[C@]4(C)CC[C@H]5C(C)(C)CCC[C@]5(C)[C@H]4C[C@@H](OC(C)=O)[C@]3(C)[C@H]21. The van der Waals surface area contributed by atoms with Gasteiger partial charge in [-0.2, -0.15) is 0 Å². The monoisotopic (exact) mass is 444 g/mol. The lowest BCUT2D eigenvalue weighted by atomic mass is 9.34. The minimum absolute atomic E-state index is 0.0864. The number of hydrogen-bond donors (Lipinski definition) is 0. The van der Waals surface area contributed by atoms with Crippen molar-refractivity contribution in [2.75, 3.05) is 13.7 Å². The number of fused-ring (bicyclic) bond motifs is 7. The summed E-state index contributed by atoms with van der Waals surface area (Å²) in [5.41, 5.74) is 2.14. The summed E-state index contributed by atoms with van der Waals surface area (Å²) in [6.07, 6.45) is 10.7. The van der Waals surface area contributed by atoms with E-state index in [0.717, 1.165) is 18.8 Å². The van der Waals surface area contributed by atoms with E-state index in [1.165, 1.54) is 37.7 Å². The quantitative estimate of drug-likeness (QED) is 0.379. The molecule has 0 unspecified atom stereocenters. The normalized spacial score (nSPS) is 51.5. The Kier molecular flexibility index (Phi) is 5.23. The van der Waals surface area contributed by atoms with Gasteiger partial charge >= 0.3 is 5.97 Å². The van der Waals surface area contributed by atoms with Crippen molar-refractivity contribution in [2.24, 2.45) is 45.3 Å². The zero-order valence-corrected chi connectivity index (χ0v) is 21.3. The molecule has 1 aliphatic heterocycles. The van der Waals surface area contributed by atoms with E-state index in [2.05, 4.69) is 40.7 Å². The zero-order valence-electron chi connectivity index (χ0n) is 21.3. The second-order valence-corrected chi connectivity index (χ2v) is 13.2. The number of methoxy groups -OCH3 is 1. The molecule has 0 radical (unpaired) electrons. The van der Waals surface area contributed by atoms with Gasteiger partial charge < -0.3 is 14.2 Å². The highest BCUT2D eigenvalue weighted by Gasteiger charge is 2.70. The molecular weight excluding hydrogens is 400 g/mol. The Labute approximate surface area is 194 Å². The molecular formula is C28H44O4. The number of carbonyl (C=O) groups is 1. The molecule has 9 atom stereocenters. The number of carbonyl (C=O) groups excluding carboxylic acids is 1. The van der Waals surface area contributed by atoms with Gasteiger partial charge in [0.15, 0.2) is 6.29 Å². The van der Waals surface area contributed by atoms with Gasteiger partial charge in [-0.15, -0.1) is 0 Å². The van der Waals surface area contributed by atoms with Gasteiger partial charge in [-0.25, -0.2) is 0 Å². The van der Waals surface area contributed by atoms with Gasteiger partial charge in [0.05, 0.1) is 6.61 Å². The van der Waals surface area contributed by atoms with Gasteiger partial charge in [0, 0.05) is 25.4 Å². The second kappa shape index (κ2) is 7.31. The molecule has 4 fully saturated rings. The molecule has 4 heteroatoms. The Morgan fingerprint density at radius 2 is 1.75 bits per heavy atom. The molecule has 1 heterocycles. The lowest BCUT2D eigenvalue weighted by Crippen LogP contribution is -2.67. The van der Waals surface area contributed by atoms with Crippen LogP contribution < -0.4 is 0 Å². The van der Waals surface area contributed by atoms with Crippen LogP contribution in [0, 0.1) is 45.3 Å². The number of allylic oxidation sites excluding steroid dienone is 1. The third-order valence-corrected chi connectivity index (χ3v) is 11.4. The van der Waals surface area contributed by atoms with Crippen molar-refractivity contribution < 1.29 is 19.0 Å². The minimum atomic E-state index is -0.243. The Hall–Kier alpha value is -0.870. The third kappa shape index (κ3) is 2.90. The van der Waals surface area contributed by atoms with Crippen LogP contribution in [0.1, 0.15) is 86.5 Å². The van der Waals surface area contributed by atoms with E-state index in [1.807, 2.05) is 0 Å². The van der Waals surface area contributed by atoms with Crippen LogP contribution >= 0.6 is 0 Å². The fraction of sp³-hybridized carbons (Fsp3) is 0.893. The molecule has 0 N–H and O–H groups in total. The molecule has 0 spiro atoms. The molecule has 0 aromatic rings. The second-order valence-electron chi connectivity index (χ2n) is 13.2. The van der Waals surface area contributed by atoms with Crippen molar-refractivity contribution in [2.45, 2.75) is 98.9 Å². The van der Waals surface area contributed by atoms with Gasteiger partial charge in [-0.3, -0.25) is 4.79 Å². The van der Waals surface area contributed by atoms with Crippen LogP contribution in [0.25, 0.3) is 0 Å². The van der Waals surface area contributed by atoms with Crippen molar-refractivity contribution in [3.63, 3.8) is 0 Å². The molecule has 1 saturated heterocycles. The van der Waals surface area contributed by atoms with Crippen molar-refractivity contribution in [3.05, 3.63) is 11.6 Å². The van der Waals surface area contributed by atoms with E-state index in [9.17, 15) is 4.79 Å². The molecule has 0 aromatic carbocycles. The number of ether oxygens (including phenoxy) is 3. The van der Waals surface area contributed by atoms with Crippen LogP contribution in [0.15, 0.2) is 11.6 Å². The molecule has 32 heavy (non-hydrogen) atoms. The van der Waals surface area contributed by atoms with Crippen LogP contribution in [0.4, 0.5) is 0 Å². The molecule has 4 aliphatic carbocycles. The predicted octanol–water partition coefficient (Wildman–Crippen LogP) is 6.14. The standard InChI is InChI=1S/C28H44O4/c1-17(29)32-22-15-21-26(4)13-8-12-25(2,3)19(26)11-14-27(21,5)20-10-9-18-16-31-24(30-7)23(18)28(20,22)6/h9,19-24H,8,10-16H2,1-7H3/t19-,20-,21+,22+,23+,24+,26-,27-,28+/m0/s1. The largest absolute Gasteiger partial charge is 0.462 e. The third-order valence-electron chi connectivity index (χ3n) is 11.4. The zero-order chi connectivity index (χ0) is 23.1. The van der Waals surface area contributed by atoms with Gasteiger partial charge in [-0.05, 0) is 78.1 Å². The van der Waals surface area contributed by atoms with Crippen LogP contribution in [0.5, 0.6) is 0 Å². The fourth-order valence-electron chi connectivity index (χ4n) is 10.3. The topological polar surface area (TPSA) is 44.8 Å². The Balaban J connectivity index is 1.62. The molecule has 0 amide bonds. The van der Waals surface area contributed by atoms with Crippen LogP contribution in [0.2, 0.25) is 0 Å². The van der Waals surface area contributed by atoms with E-state index < -0.39 is 0 Å². The summed E-state index contributed by atoms with van der Waals surface area (Å²) in [4.78, 5) is 12.4. The number of hydrogen-bond acceptors (Lipinski definition) is 4. The summed E-state index contributed by atoms with van der Waals surface area (Å²) in [5, 5.41) is 0. The highest BCUT2D eigenvalue weighted by molar-refractivity contribution is 5.66. The predicted molar refractivity (Wildman–Crippen MR) is 125 cm³/mol. The first-order valence-corrected chi connectivity index (χ1v) is 13.0. The maximum atomic E-state index is 12.4. The first kappa shape index (κ1) is 22.9. The van der Waals surface area contributed by atoms with Crippen molar-refractivity contribution in [1.82, 2.24) is 0 Å². The lowest BCUT2D eigenvalue weighted by Gasteiger charge is -2.70. The highest BCUT2D eigenvalue weighted by Crippen LogP contribution is 2.74. The Morgan fingerprint density at radius 1 is 1.03 bits per heavy atom. The highest BCUT2D eigenvalue weighted by atomic mass is 16.7. The first-order chi connectivity index (χ1) is 15.0. The molecule has 3 saturated carbocycles. The average Bonchev–Trinajstić information content (AvgIpc) is 3.13. The summed E-state index contributed by atoms with van der Waals surface area (Å²) >= 11 is 0. The van der Waals surface area contributed by atoms with E-state index in [1.54, 1.807) is 14.0 Å². The summed E-state index contributed by atoms with van der Waals surface area (Å²) in [7, 11) is 1.76. The Bertz CT molecular complexity index is 816. The van der Waals surface area contributed by atoms with Crippen LogP contribution in [-0.4, -0.2) is 32.1 Å². The summed E-state index contributed by atoms with van der Waals surface area (Å²) in [6.45, 7) is 14.8. The van der Waals surface area contributed by atoms with E-state index in [4.69, 9.17) is 14.2 Å². The average molecular weight is 445 g/mol. The van der Waals surface area contributed by atoms with Crippen LogP contribution in [-0.2, 0) is 19.0 Å².